The van der Waals surface area contributed by atoms with Crippen molar-refractivity contribution in [2.45, 2.75) is 52.0 Å². The van der Waals surface area contributed by atoms with Crippen molar-refractivity contribution in [3.63, 3.8) is 0 Å². The standard InChI is InChI=1S/C16H29N3O/c1-3-18(15-10-7-11-17-12-15)13-16(20)19(4-2)14-8-5-6-9-14/h8,15,17H,3-7,9-13H2,1-2H3. The Bertz CT molecular complexity index is 348. The maximum atomic E-state index is 12.6. The minimum atomic E-state index is 0.271. The van der Waals surface area contributed by atoms with Gasteiger partial charge in [-0.3, -0.25) is 9.69 Å². The molecule has 0 aromatic heterocycles. The molecule has 1 saturated heterocycles. The first-order valence-electron chi connectivity index (χ1n) is 8.20. The Kier molecular flexibility index (Phi) is 6.05. The van der Waals surface area contributed by atoms with E-state index in [4.69, 9.17) is 0 Å². The molecule has 1 fully saturated rings. The second kappa shape index (κ2) is 7.79. The van der Waals surface area contributed by atoms with Gasteiger partial charge in [0.15, 0.2) is 0 Å². The fourth-order valence-corrected chi connectivity index (χ4v) is 3.34. The lowest BCUT2D eigenvalue weighted by Gasteiger charge is -2.35. The molecule has 1 N–H and O–H groups in total. The van der Waals surface area contributed by atoms with Crippen LogP contribution >= 0.6 is 0 Å². The van der Waals surface area contributed by atoms with Crippen LogP contribution in [-0.2, 0) is 4.79 Å². The maximum absolute atomic E-state index is 12.6. The number of carbonyl (C=O) groups excluding carboxylic acids is 1. The van der Waals surface area contributed by atoms with Gasteiger partial charge in [0, 0.05) is 24.8 Å². The summed E-state index contributed by atoms with van der Waals surface area (Å²) in [6.07, 6.45) is 8.06. The molecular formula is C16H29N3O. The van der Waals surface area contributed by atoms with Gasteiger partial charge in [-0.05, 0) is 52.1 Å². The summed E-state index contributed by atoms with van der Waals surface area (Å²) in [4.78, 5) is 16.9. The number of carbonyl (C=O) groups is 1. The molecule has 1 amide bonds. The van der Waals surface area contributed by atoms with Crippen LogP contribution in [0.3, 0.4) is 0 Å². The molecule has 20 heavy (non-hydrogen) atoms. The summed E-state index contributed by atoms with van der Waals surface area (Å²) in [5.74, 6) is 0.271. The lowest BCUT2D eigenvalue weighted by molar-refractivity contribution is -0.131. The highest BCUT2D eigenvalue weighted by atomic mass is 16.2. The van der Waals surface area contributed by atoms with Gasteiger partial charge in [0.1, 0.15) is 0 Å². The van der Waals surface area contributed by atoms with Crippen LogP contribution in [0.2, 0.25) is 0 Å². The highest BCUT2D eigenvalue weighted by molar-refractivity contribution is 5.80. The van der Waals surface area contributed by atoms with Crippen molar-refractivity contribution in [1.29, 1.82) is 0 Å². The van der Waals surface area contributed by atoms with Gasteiger partial charge in [0.2, 0.25) is 5.91 Å². The van der Waals surface area contributed by atoms with E-state index < -0.39 is 0 Å². The zero-order valence-electron chi connectivity index (χ0n) is 13.0. The molecule has 0 saturated carbocycles. The van der Waals surface area contributed by atoms with E-state index >= 15 is 0 Å². The second-order valence-corrected chi connectivity index (χ2v) is 5.79. The van der Waals surface area contributed by atoms with Gasteiger partial charge >= 0.3 is 0 Å². The van der Waals surface area contributed by atoms with Crippen LogP contribution in [0.15, 0.2) is 11.8 Å². The zero-order chi connectivity index (χ0) is 14.4. The molecule has 1 aliphatic carbocycles. The lowest BCUT2D eigenvalue weighted by atomic mass is 10.1. The molecule has 0 aromatic rings. The summed E-state index contributed by atoms with van der Waals surface area (Å²) in [6.45, 7) is 8.70. The van der Waals surface area contributed by atoms with Crippen molar-refractivity contribution in [2.24, 2.45) is 0 Å². The maximum Gasteiger partial charge on any atom is 0.240 e. The molecule has 4 nitrogen and oxygen atoms in total. The number of allylic oxidation sites excluding steroid dienone is 2. The molecule has 0 bridgehead atoms. The SMILES string of the molecule is CCN(C(=O)CN(CC)C1CCCNC1)C1=CCCC1. The summed E-state index contributed by atoms with van der Waals surface area (Å²) in [6, 6.07) is 0.522. The minimum absolute atomic E-state index is 0.271. The van der Waals surface area contributed by atoms with Crippen molar-refractivity contribution in [3.8, 4) is 0 Å². The highest BCUT2D eigenvalue weighted by Crippen LogP contribution is 2.22. The highest BCUT2D eigenvalue weighted by Gasteiger charge is 2.25. The fourth-order valence-electron chi connectivity index (χ4n) is 3.34. The minimum Gasteiger partial charge on any atom is -0.316 e. The Morgan fingerprint density at radius 3 is 2.75 bits per heavy atom. The average molecular weight is 279 g/mol. The summed E-state index contributed by atoms with van der Waals surface area (Å²) < 4.78 is 0. The molecule has 114 valence electrons. The smallest absolute Gasteiger partial charge is 0.240 e. The van der Waals surface area contributed by atoms with Gasteiger partial charge in [0.05, 0.1) is 6.54 Å². The van der Waals surface area contributed by atoms with E-state index in [2.05, 4.69) is 30.1 Å². The van der Waals surface area contributed by atoms with E-state index in [-0.39, 0.29) is 5.91 Å². The molecule has 2 aliphatic rings. The Morgan fingerprint density at radius 2 is 2.20 bits per heavy atom. The molecule has 0 spiro atoms. The van der Waals surface area contributed by atoms with Crippen LogP contribution in [0, 0.1) is 0 Å². The van der Waals surface area contributed by atoms with Crippen LogP contribution in [-0.4, -0.2) is 54.5 Å². The summed E-state index contributed by atoms with van der Waals surface area (Å²) in [5.41, 5.74) is 1.25. The molecule has 1 aliphatic heterocycles. The van der Waals surface area contributed by atoms with E-state index in [1.165, 1.54) is 25.0 Å². The number of rotatable bonds is 6. The fraction of sp³-hybridized carbons (Fsp3) is 0.812. The van der Waals surface area contributed by atoms with Crippen LogP contribution in [0.1, 0.15) is 46.0 Å². The zero-order valence-corrected chi connectivity index (χ0v) is 13.0. The van der Waals surface area contributed by atoms with Crippen molar-refractivity contribution < 1.29 is 4.79 Å². The Balaban J connectivity index is 1.92. The molecule has 0 radical (unpaired) electrons. The number of piperidine rings is 1. The molecular weight excluding hydrogens is 250 g/mol. The first-order chi connectivity index (χ1) is 9.76. The number of amides is 1. The van der Waals surface area contributed by atoms with Gasteiger partial charge in [-0.15, -0.1) is 0 Å². The van der Waals surface area contributed by atoms with Gasteiger partial charge in [0.25, 0.3) is 0 Å². The van der Waals surface area contributed by atoms with Gasteiger partial charge in [-0.1, -0.05) is 13.0 Å². The number of likely N-dealkylation sites (N-methyl/N-ethyl adjacent to an activating group) is 2. The van der Waals surface area contributed by atoms with E-state index in [1.807, 2.05) is 4.90 Å². The lowest BCUT2D eigenvalue weighted by Crippen LogP contribution is -2.49. The third-order valence-electron chi connectivity index (χ3n) is 4.51. The normalized spacial score (nSPS) is 22.9. The predicted molar refractivity (Wildman–Crippen MR) is 82.5 cm³/mol. The quantitative estimate of drug-likeness (QED) is 0.807. The number of nitrogens with zero attached hydrogens (tertiary/aromatic N) is 2. The number of hydrogen-bond acceptors (Lipinski definition) is 3. The Labute approximate surface area is 123 Å². The van der Waals surface area contributed by atoms with Crippen LogP contribution < -0.4 is 5.32 Å². The van der Waals surface area contributed by atoms with Gasteiger partial charge < -0.3 is 10.2 Å². The van der Waals surface area contributed by atoms with E-state index in [0.717, 1.165) is 39.0 Å². The summed E-state index contributed by atoms with van der Waals surface area (Å²) >= 11 is 0. The van der Waals surface area contributed by atoms with E-state index in [9.17, 15) is 4.79 Å². The first kappa shape index (κ1) is 15.5. The van der Waals surface area contributed by atoms with Crippen molar-refractivity contribution in [3.05, 3.63) is 11.8 Å². The second-order valence-electron chi connectivity index (χ2n) is 5.79. The Morgan fingerprint density at radius 1 is 1.35 bits per heavy atom. The van der Waals surface area contributed by atoms with Gasteiger partial charge in [-0.25, -0.2) is 0 Å². The third-order valence-corrected chi connectivity index (χ3v) is 4.51. The van der Waals surface area contributed by atoms with Crippen molar-refractivity contribution in [1.82, 2.24) is 15.1 Å². The molecule has 1 heterocycles. The van der Waals surface area contributed by atoms with Crippen molar-refractivity contribution >= 4 is 5.91 Å². The van der Waals surface area contributed by atoms with Crippen molar-refractivity contribution in [2.75, 3.05) is 32.7 Å². The molecule has 1 atom stereocenters. The van der Waals surface area contributed by atoms with Crippen LogP contribution in [0.5, 0.6) is 0 Å². The van der Waals surface area contributed by atoms with Gasteiger partial charge in [-0.2, -0.15) is 0 Å². The largest absolute Gasteiger partial charge is 0.316 e. The number of nitrogens with one attached hydrogen (secondary N) is 1. The molecule has 4 heteroatoms. The monoisotopic (exact) mass is 279 g/mol. The Hall–Kier alpha value is -0.870. The third kappa shape index (κ3) is 3.83. The predicted octanol–water partition coefficient (Wildman–Crippen LogP) is 1.98. The first-order valence-corrected chi connectivity index (χ1v) is 8.20. The topological polar surface area (TPSA) is 35.6 Å². The number of hydrogen-bond donors (Lipinski definition) is 1. The summed E-state index contributed by atoms with van der Waals surface area (Å²) in [7, 11) is 0. The molecule has 0 aromatic carbocycles. The van der Waals surface area contributed by atoms with E-state index in [0.29, 0.717) is 12.6 Å². The molecule has 2 rings (SSSR count). The average Bonchev–Trinajstić information content (AvgIpc) is 3.00. The van der Waals surface area contributed by atoms with Crippen LogP contribution in [0.25, 0.3) is 0 Å². The van der Waals surface area contributed by atoms with Crippen LogP contribution in [0.4, 0.5) is 0 Å². The van der Waals surface area contributed by atoms with E-state index in [1.54, 1.807) is 0 Å². The molecule has 1 unspecified atom stereocenters. The summed E-state index contributed by atoms with van der Waals surface area (Å²) in [5, 5.41) is 3.44.